The molecule has 0 aliphatic carbocycles. The largest absolute Gasteiger partial charge is 0.397 e. The molecule has 2 aromatic rings. The Kier molecular flexibility index (Phi) is 4.38. The van der Waals surface area contributed by atoms with Crippen molar-refractivity contribution in [3.05, 3.63) is 50.7 Å². The fourth-order valence-electron chi connectivity index (χ4n) is 1.60. The number of nitrogens with two attached hydrogens (primary N) is 1. The lowest BCUT2D eigenvalue weighted by Gasteiger charge is -2.10. The number of carbonyl (C=O) groups excluding carboxylic acids is 1. The third kappa shape index (κ3) is 2.98. The van der Waals surface area contributed by atoms with Crippen LogP contribution in [0.5, 0.6) is 0 Å². The molecule has 0 aliphatic heterocycles. The van der Waals surface area contributed by atoms with Crippen LogP contribution in [-0.4, -0.2) is 10.9 Å². The molecule has 0 bridgehead atoms. The number of hydrogen-bond donors (Lipinski definition) is 2. The normalized spacial score (nSPS) is 10.4. The van der Waals surface area contributed by atoms with E-state index in [4.69, 9.17) is 40.5 Å². The number of rotatable bonds is 2. The van der Waals surface area contributed by atoms with Crippen molar-refractivity contribution < 1.29 is 4.79 Å². The van der Waals surface area contributed by atoms with Gasteiger partial charge in [0.15, 0.2) is 5.15 Å². The predicted molar refractivity (Wildman–Crippen MR) is 82.8 cm³/mol. The van der Waals surface area contributed by atoms with E-state index < -0.39 is 5.91 Å². The molecule has 20 heavy (non-hydrogen) atoms. The van der Waals surface area contributed by atoms with Crippen molar-refractivity contribution in [2.75, 3.05) is 11.1 Å². The second-order valence-corrected chi connectivity index (χ2v) is 5.25. The van der Waals surface area contributed by atoms with Crippen LogP contribution in [0, 0.1) is 6.92 Å². The van der Waals surface area contributed by atoms with Gasteiger partial charge in [0.2, 0.25) is 0 Å². The van der Waals surface area contributed by atoms with Crippen molar-refractivity contribution in [2.45, 2.75) is 6.92 Å². The topological polar surface area (TPSA) is 68.0 Å². The quantitative estimate of drug-likeness (QED) is 0.641. The Labute approximate surface area is 130 Å². The molecule has 0 fully saturated rings. The molecule has 0 spiro atoms. The summed E-state index contributed by atoms with van der Waals surface area (Å²) >= 11 is 17.7. The molecule has 3 N–H and O–H groups in total. The van der Waals surface area contributed by atoms with E-state index in [1.54, 1.807) is 12.3 Å². The SMILES string of the molecule is Cc1ccnc(Cl)c1NC(=O)c1cc(N)c(Cl)c(Cl)c1. The number of carbonyl (C=O) groups is 1. The monoisotopic (exact) mass is 329 g/mol. The summed E-state index contributed by atoms with van der Waals surface area (Å²) in [6, 6.07) is 4.63. The smallest absolute Gasteiger partial charge is 0.255 e. The van der Waals surface area contributed by atoms with E-state index in [1.807, 2.05) is 6.92 Å². The summed E-state index contributed by atoms with van der Waals surface area (Å²) < 4.78 is 0. The van der Waals surface area contributed by atoms with Gasteiger partial charge < -0.3 is 11.1 Å². The van der Waals surface area contributed by atoms with Gasteiger partial charge in [0.25, 0.3) is 5.91 Å². The van der Waals surface area contributed by atoms with E-state index in [0.717, 1.165) is 5.56 Å². The van der Waals surface area contributed by atoms with E-state index in [2.05, 4.69) is 10.3 Å². The number of pyridine rings is 1. The van der Waals surface area contributed by atoms with Crippen LogP contribution in [0.25, 0.3) is 0 Å². The van der Waals surface area contributed by atoms with Crippen LogP contribution in [0.4, 0.5) is 11.4 Å². The van der Waals surface area contributed by atoms with Gasteiger partial charge >= 0.3 is 0 Å². The lowest BCUT2D eigenvalue weighted by molar-refractivity contribution is 0.102. The highest BCUT2D eigenvalue weighted by molar-refractivity contribution is 6.44. The van der Waals surface area contributed by atoms with Gasteiger partial charge in [0.05, 0.1) is 21.4 Å². The zero-order chi connectivity index (χ0) is 14.9. The second-order valence-electron chi connectivity index (χ2n) is 4.11. The number of nitrogens with zero attached hydrogens (tertiary/aromatic N) is 1. The fraction of sp³-hybridized carbons (Fsp3) is 0.0769. The molecule has 0 saturated heterocycles. The van der Waals surface area contributed by atoms with E-state index in [9.17, 15) is 4.79 Å². The third-order valence-corrected chi connectivity index (χ3v) is 3.77. The number of hydrogen-bond acceptors (Lipinski definition) is 3. The zero-order valence-electron chi connectivity index (χ0n) is 10.4. The maximum absolute atomic E-state index is 12.2. The lowest BCUT2D eigenvalue weighted by Crippen LogP contribution is -2.14. The Bertz CT molecular complexity index is 645. The molecule has 2 rings (SSSR count). The molecule has 0 unspecified atom stereocenters. The molecule has 1 heterocycles. The Morgan fingerprint density at radius 1 is 1.30 bits per heavy atom. The van der Waals surface area contributed by atoms with Crippen molar-refractivity contribution in [3.63, 3.8) is 0 Å². The van der Waals surface area contributed by atoms with Crippen molar-refractivity contribution >= 4 is 52.1 Å². The summed E-state index contributed by atoms with van der Waals surface area (Å²) in [4.78, 5) is 16.1. The average Bonchev–Trinajstić information content (AvgIpc) is 2.39. The predicted octanol–water partition coefficient (Wildman–Crippen LogP) is 4.18. The molecule has 1 aromatic heterocycles. The summed E-state index contributed by atoms with van der Waals surface area (Å²) in [7, 11) is 0. The molecular weight excluding hydrogens is 321 g/mol. The van der Waals surface area contributed by atoms with Gasteiger partial charge in [-0.05, 0) is 30.7 Å². The van der Waals surface area contributed by atoms with Crippen molar-refractivity contribution in [2.24, 2.45) is 0 Å². The van der Waals surface area contributed by atoms with Crippen molar-refractivity contribution in [1.29, 1.82) is 0 Å². The van der Waals surface area contributed by atoms with Crippen LogP contribution < -0.4 is 11.1 Å². The number of anilines is 2. The Hall–Kier alpha value is -1.49. The molecule has 0 radical (unpaired) electrons. The standard InChI is InChI=1S/C13H10Cl3N3O/c1-6-2-3-18-12(16)11(6)19-13(20)7-4-8(14)10(15)9(17)5-7/h2-5H,17H2,1H3,(H,19,20). The summed E-state index contributed by atoms with van der Waals surface area (Å²) in [5.74, 6) is -0.395. The van der Waals surface area contributed by atoms with E-state index in [1.165, 1.54) is 12.1 Å². The van der Waals surface area contributed by atoms with Gasteiger partial charge in [0, 0.05) is 11.8 Å². The highest BCUT2D eigenvalue weighted by Crippen LogP contribution is 2.30. The van der Waals surface area contributed by atoms with E-state index >= 15 is 0 Å². The number of nitrogens with one attached hydrogen (secondary N) is 1. The lowest BCUT2D eigenvalue weighted by atomic mass is 10.1. The van der Waals surface area contributed by atoms with E-state index in [0.29, 0.717) is 5.69 Å². The van der Waals surface area contributed by atoms with Crippen LogP contribution in [0.3, 0.4) is 0 Å². The zero-order valence-corrected chi connectivity index (χ0v) is 12.6. The number of nitrogen functional groups attached to an aromatic ring is 1. The number of aromatic nitrogens is 1. The first-order chi connectivity index (χ1) is 9.40. The minimum absolute atomic E-state index is 0.214. The maximum Gasteiger partial charge on any atom is 0.255 e. The molecule has 4 nitrogen and oxygen atoms in total. The number of aryl methyl sites for hydroxylation is 1. The summed E-state index contributed by atoms with van der Waals surface area (Å²) in [5, 5.41) is 3.33. The maximum atomic E-state index is 12.2. The number of amides is 1. The molecule has 0 saturated carbocycles. The van der Waals surface area contributed by atoms with Gasteiger partial charge in [-0.15, -0.1) is 0 Å². The molecule has 0 aliphatic rings. The molecule has 1 aromatic carbocycles. The minimum atomic E-state index is -0.395. The van der Waals surface area contributed by atoms with Crippen LogP contribution in [0.2, 0.25) is 15.2 Å². The summed E-state index contributed by atoms with van der Waals surface area (Å²) in [6.45, 7) is 1.81. The van der Waals surface area contributed by atoms with Crippen molar-refractivity contribution in [3.8, 4) is 0 Å². The molecule has 7 heteroatoms. The van der Waals surface area contributed by atoms with Crippen LogP contribution in [0.15, 0.2) is 24.4 Å². The second kappa shape index (κ2) is 5.87. The van der Waals surface area contributed by atoms with E-state index in [-0.39, 0.29) is 26.4 Å². The fourth-order valence-corrected chi connectivity index (χ4v) is 2.19. The Morgan fingerprint density at radius 3 is 2.60 bits per heavy atom. The van der Waals surface area contributed by atoms with Crippen LogP contribution in [0.1, 0.15) is 15.9 Å². The van der Waals surface area contributed by atoms with Crippen molar-refractivity contribution in [1.82, 2.24) is 4.98 Å². The van der Waals surface area contributed by atoms with Gasteiger partial charge in [0.1, 0.15) is 0 Å². The Morgan fingerprint density at radius 2 is 2.00 bits per heavy atom. The van der Waals surface area contributed by atoms with Crippen LogP contribution >= 0.6 is 34.8 Å². The number of benzene rings is 1. The minimum Gasteiger partial charge on any atom is -0.397 e. The van der Waals surface area contributed by atoms with Gasteiger partial charge in [-0.2, -0.15) is 0 Å². The third-order valence-electron chi connectivity index (χ3n) is 2.67. The highest BCUT2D eigenvalue weighted by atomic mass is 35.5. The summed E-state index contributed by atoms with van der Waals surface area (Å²) in [5.41, 5.74) is 7.45. The molecule has 0 atom stereocenters. The molecule has 1 amide bonds. The Balaban J connectivity index is 2.34. The van der Waals surface area contributed by atoms with Gasteiger partial charge in [-0.25, -0.2) is 4.98 Å². The average molecular weight is 331 g/mol. The van der Waals surface area contributed by atoms with Gasteiger partial charge in [-0.3, -0.25) is 4.79 Å². The highest BCUT2D eigenvalue weighted by Gasteiger charge is 2.14. The first-order valence-electron chi connectivity index (χ1n) is 5.57. The first-order valence-corrected chi connectivity index (χ1v) is 6.70. The van der Waals surface area contributed by atoms with Crippen LogP contribution in [-0.2, 0) is 0 Å². The molecular formula is C13H10Cl3N3O. The first kappa shape index (κ1) is 14.9. The summed E-state index contributed by atoms with van der Waals surface area (Å²) in [6.07, 6.45) is 1.56. The van der Waals surface area contributed by atoms with Gasteiger partial charge in [-0.1, -0.05) is 34.8 Å². The number of halogens is 3. The molecule has 104 valence electrons.